The first-order valence-electron chi connectivity index (χ1n) is 10.3. The van der Waals surface area contributed by atoms with Crippen LogP contribution in [0.25, 0.3) is 0 Å². The van der Waals surface area contributed by atoms with Crippen LogP contribution in [0.1, 0.15) is 43.8 Å². The number of para-hydroxylation sites is 1. The number of amides is 1. The Kier molecular flexibility index (Phi) is 7.98. The topological polar surface area (TPSA) is 69.0 Å². The van der Waals surface area contributed by atoms with E-state index in [0.717, 1.165) is 34.8 Å². The van der Waals surface area contributed by atoms with Gasteiger partial charge in [-0.3, -0.25) is 4.79 Å². The van der Waals surface area contributed by atoms with E-state index in [-0.39, 0.29) is 17.8 Å². The zero-order chi connectivity index (χ0) is 22.4. The Morgan fingerprint density at radius 3 is 2.71 bits per heavy atom. The van der Waals surface area contributed by atoms with Crippen LogP contribution < -0.4 is 10.1 Å². The second kappa shape index (κ2) is 10.7. The first kappa shape index (κ1) is 23.2. The minimum Gasteiger partial charge on any atom is -0.482 e. The summed E-state index contributed by atoms with van der Waals surface area (Å²) >= 11 is 7.40. The van der Waals surface area contributed by atoms with E-state index in [1.807, 2.05) is 61.7 Å². The summed E-state index contributed by atoms with van der Waals surface area (Å²) in [6.45, 7) is 8.66. The fourth-order valence-electron chi connectivity index (χ4n) is 3.26. The largest absolute Gasteiger partial charge is 0.482 e. The van der Waals surface area contributed by atoms with Crippen molar-refractivity contribution in [2.75, 3.05) is 11.1 Å². The van der Waals surface area contributed by atoms with Gasteiger partial charge in [0.1, 0.15) is 5.75 Å². The van der Waals surface area contributed by atoms with Gasteiger partial charge < -0.3 is 14.6 Å². The summed E-state index contributed by atoms with van der Waals surface area (Å²) in [6.07, 6.45) is 0.564. The third kappa shape index (κ3) is 5.80. The van der Waals surface area contributed by atoms with Crippen LogP contribution in [0.3, 0.4) is 0 Å². The second-order valence-corrected chi connectivity index (χ2v) is 8.48. The molecule has 31 heavy (non-hydrogen) atoms. The molecule has 8 heteroatoms. The van der Waals surface area contributed by atoms with Gasteiger partial charge in [-0.15, -0.1) is 10.2 Å². The molecule has 1 heterocycles. The maximum atomic E-state index is 12.5. The van der Waals surface area contributed by atoms with Crippen LogP contribution in [-0.2, 0) is 17.8 Å². The van der Waals surface area contributed by atoms with Gasteiger partial charge in [-0.25, -0.2) is 0 Å². The Morgan fingerprint density at radius 1 is 1.23 bits per heavy atom. The molecule has 1 unspecified atom stereocenters. The lowest BCUT2D eigenvalue weighted by Gasteiger charge is -2.17. The molecule has 0 aliphatic heterocycles. The number of halogens is 1. The van der Waals surface area contributed by atoms with Gasteiger partial charge in [-0.1, -0.05) is 48.5 Å². The highest BCUT2D eigenvalue weighted by Gasteiger charge is 2.20. The predicted octanol–water partition coefficient (Wildman–Crippen LogP) is 5.69. The number of hydrogen-bond acceptors (Lipinski definition) is 5. The monoisotopic (exact) mass is 458 g/mol. The molecule has 0 saturated carbocycles. The molecule has 1 aromatic heterocycles. The SMILES string of the molecule is CCc1ccccc1NC(=O)CSc1nnc(C(C)Oc2ccc(Cl)cc2C)n1CC. The number of rotatable bonds is 9. The average Bonchev–Trinajstić information content (AvgIpc) is 3.17. The number of benzene rings is 2. The molecule has 0 fully saturated rings. The molecule has 0 radical (unpaired) electrons. The van der Waals surface area contributed by atoms with Gasteiger partial charge in [0.15, 0.2) is 17.1 Å². The zero-order valence-electron chi connectivity index (χ0n) is 18.2. The first-order chi connectivity index (χ1) is 14.9. The van der Waals surface area contributed by atoms with Gasteiger partial charge in [-0.05, 0) is 62.6 Å². The summed E-state index contributed by atoms with van der Waals surface area (Å²) in [6, 6.07) is 13.4. The first-order valence-corrected chi connectivity index (χ1v) is 11.7. The summed E-state index contributed by atoms with van der Waals surface area (Å²) in [7, 11) is 0. The molecule has 0 saturated heterocycles. The standard InChI is InChI=1S/C23H27ClN4O2S/c1-5-17-9-7-8-10-19(17)25-21(29)14-31-23-27-26-22(28(23)6-2)16(4)30-20-12-11-18(24)13-15(20)3/h7-13,16H,5-6,14H2,1-4H3,(H,25,29). The number of hydrogen-bond donors (Lipinski definition) is 1. The van der Waals surface area contributed by atoms with Crippen molar-refractivity contribution in [1.82, 2.24) is 14.8 Å². The molecule has 6 nitrogen and oxygen atoms in total. The summed E-state index contributed by atoms with van der Waals surface area (Å²) in [5.41, 5.74) is 2.93. The molecule has 3 rings (SSSR count). The van der Waals surface area contributed by atoms with Crippen LogP contribution in [0, 0.1) is 6.92 Å². The number of nitrogens with zero attached hydrogens (tertiary/aromatic N) is 3. The number of aromatic nitrogens is 3. The minimum atomic E-state index is -0.299. The molecule has 0 aliphatic carbocycles. The van der Waals surface area contributed by atoms with Gasteiger partial charge >= 0.3 is 0 Å². The highest BCUT2D eigenvalue weighted by atomic mass is 35.5. The molecule has 0 spiro atoms. The highest BCUT2D eigenvalue weighted by Crippen LogP contribution is 2.28. The van der Waals surface area contributed by atoms with Crippen LogP contribution in [-0.4, -0.2) is 26.4 Å². The van der Waals surface area contributed by atoms with Crippen LogP contribution >= 0.6 is 23.4 Å². The van der Waals surface area contributed by atoms with Crippen LogP contribution in [0.4, 0.5) is 5.69 Å². The minimum absolute atomic E-state index is 0.0702. The Balaban J connectivity index is 1.66. The molecule has 1 atom stereocenters. The van der Waals surface area contributed by atoms with Crippen molar-refractivity contribution in [3.05, 3.63) is 64.4 Å². The quantitative estimate of drug-likeness (QED) is 0.417. The van der Waals surface area contributed by atoms with E-state index in [1.54, 1.807) is 6.07 Å². The van der Waals surface area contributed by atoms with Crippen molar-refractivity contribution in [1.29, 1.82) is 0 Å². The van der Waals surface area contributed by atoms with Crippen LogP contribution in [0.5, 0.6) is 5.75 Å². The predicted molar refractivity (Wildman–Crippen MR) is 126 cm³/mol. The van der Waals surface area contributed by atoms with Crippen molar-refractivity contribution >= 4 is 35.0 Å². The third-order valence-corrected chi connectivity index (χ3v) is 6.07. The fraction of sp³-hybridized carbons (Fsp3) is 0.348. The number of aryl methyl sites for hydroxylation is 2. The fourth-order valence-corrected chi connectivity index (χ4v) is 4.30. The van der Waals surface area contributed by atoms with Gasteiger partial charge in [0.2, 0.25) is 5.91 Å². The molecule has 0 aliphatic rings. The molecular formula is C23H27ClN4O2S. The van der Waals surface area contributed by atoms with Crippen molar-refractivity contribution in [3.8, 4) is 5.75 Å². The Morgan fingerprint density at radius 2 is 2.00 bits per heavy atom. The molecule has 0 bridgehead atoms. The highest BCUT2D eigenvalue weighted by molar-refractivity contribution is 7.99. The Labute approximate surface area is 192 Å². The average molecular weight is 459 g/mol. The number of carbonyl (C=O) groups is 1. The second-order valence-electron chi connectivity index (χ2n) is 7.10. The number of thioether (sulfide) groups is 1. The van der Waals surface area contributed by atoms with Crippen molar-refractivity contribution in [2.45, 2.75) is 51.9 Å². The summed E-state index contributed by atoms with van der Waals surface area (Å²) < 4.78 is 8.08. The van der Waals surface area contributed by atoms with Crippen molar-refractivity contribution in [3.63, 3.8) is 0 Å². The Bertz CT molecular complexity index is 1050. The zero-order valence-corrected chi connectivity index (χ0v) is 19.8. The summed E-state index contributed by atoms with van der Waals surface area (Å²) in [5, 5.41) is 13.0. The van der Waals surface area contributed by atoms with E-state index in [0.29, 0.717) is 16.7 Å². The third-order valence-electron chi connectivity index (χ3n) is 4.87. The molecule has 1 N–H and O–H groups in total. The summed E-state index contributed by atoms with van der Waals surface area (Å²) in [4.78, 5) is 12.5. The van der Waals surface area contributed by atoms with E-state index >= 15 is 0 Å². The van der Waals surface area contributed by atoms with Crippen molar-refractivity contribution in [2.24, 2.45) is 0 Å². The van der Waals surface area contributed by atoms with Crippen molar-refractivity contribution < 1.29 is 9.53 Å². The molecule has 2 aromatic carbocycles. The maximum Gasteiger partial charge on any atom is 0.234 e. The maximum absolute atomic E-state index is 12.5. The van der Waals surface area contributed by atoms with E-state index in [1.165, 1.54) is 11.8 Å². The lowest BCUT2D eigenvalue weighted by atomic mass is 10.1. The molecule has 3 aromatic rings. The normalized spacial score (nSPS) is 11.9. The number of anilines is 1. The van der Waals surface area contributed by atoms with E-state index in [2.05, 4.69) is 22.4 Å². The van der Waals surface area contributed by atoms with Gasteiger partial charge in [-0.2, -0.15) is 0 Å². The van der Waals surface area contributed by atoms with E-state index in [4.69, 9.17) is 16.3 Å². The summed E-state index contributed by atoms with van der Waals surface area (Å²) in [5.74, 6) is 1.66. The lowest BCUT2D eigenvalue weighted by molar-refractivity contribution is -0.113. The number of ether oxygens (including phenoxy) is 1. The number of nitrogens with one attached hydrogen (secondary N) is 1. The number of carbonyl (C=O) groups excluding carboxylic acids is 1. The van der Waals surface area contributed by atoms with Gasteiger partial charge in [0, 0.05) is 17.3 Å². The van der Waals surface area contributed by atoms with E-state index in [9.17, 15) is 4.79 Å². The lowest BCUT2D eigenvalue weighted by Crippen LogP contribution is -2.16. The molecule has 164 valence electrons. The molecule has 1 amide bonds. The smallest absolute Gasteiger partial charge is 0.234 e. The van der Waals surface area contributed by atoms with E-state index < -0.39 is 0 Å². The molecular weight excluding hydrogens is 432 g/mol. The van der Waals surface area contributed by atoms with Gasteiger partial charge in [0.05, 0.1) is 5.75 Å². The van der Waals surface area contributed by atoms with Crippen LogP contribution in [0.15, 0.2) is 47.6 Å². The Hall–Kier alpha value is -2.51. The van der Waals surface area contributed by atoms with Gasteiger partial charge in [0.25, 0.3) is 0 Å². The van der Waals surface area contributed by atoms with Crippen LogP contribution in [0.2, 0.25) is 5.02 Å².